The van der Waals surface area contributed by atoms with E-state index in [0.717, 1.165) is 19.3 Å². The number of esters is 1. The van der Waals surface area contributed by atoms with E-state index in [0.29, 0.717) is 57.2 Å². The summed E-state index contributed by atoms with van der Waals surface area (Å²) < 4.78 is 24.6. The van der Waals surface area contributed by atoms with Gasteiger partial charge >= 0.3 is 5.97 Å². The van der Waals surface area contributed by atoms with Crippen molar-refractivity contribution in [2.45, 2.75) is 109 Å². The average Bonchev–Trinajstić information content (AvgIpc) is 3.50. The van der Waals surface area contributed by atoms with Gasteiger partial charge in [-0.15, -0.1) is 0 Å². The fourth-order valence-electron chi connectivity index (χ4n) is 7.44. The van der Waals surface area contributed by atoms with Crippen molar-refractivity contribution in [2.75, 3.05) is 6.61 Å². The standard InChI is InChI=1S/C45H51N3O8/c1-2-3-4-5-6-7-8-9-10-11-12-13-14-23-43(49)47-46-28-29-53-34-24-26-38-41(30-34)55-42-31-35(54-32-33-19-15-18-22-40(33)48(51)52)25-27-39(42)45(38)37-21-17-16-20-36(37)44(50)56-45/h15-22,24-28,30-31H,2-14,23,29,32H2,1H3,(H,47,49)/b46-28+. The van der Waals surface area contributed by atoms with Gasteiger partial charge in [0.15, 0.2) is 5.60 Å². The number of hydrazone groups is 1. The molecule has 1 spiro atoms. The molecule has 4 aromatic rings. The molecule has 11 heteroatoms. The van der Waals surface area contributed by atoms with Crippen LogP contribution >= 0.6 is 0 Å². The Morgan fingerprint density at radius 2 is 1.36 bits per heavy atom. The minimum absolute atomic E-state index is 0.0328. The summed E-state index contributed by atoms with van der Waals surface area (Å²) in [5.74, 6) is 1.13. The number of benzene rings is 4. The van der Waals surface area contributed by atoms with Gasteiger partial charge in [-0.2, -0.15) is 5.10 Å². The van der Waals surface area contributed by atoms with Crippen LogP contribution in [0.5, 0.6) is 23.0 Å². The first kappa shape index (κ1) is 40.0. The first-order chi connectivity index (χ1) is 27.4. The highest BCUT2D eigenvalue weighted by atomic mass is 16.6. The third-order valence-corrected chi connectivity index (χ3v) is 10.4. The number of fused-ring (bicyclic) bond motifs is 6. The van der Waals surface area contributed by atoms with Gasteiger partial charge in [0.1, 0.15) is 36.2 Å². The first-order valence-electron chi connectivity index (χ1n) is 20.0. The van der Waals surface area contributed by atoms with Crippen LogP contribution < -0.4 is 19.6 Å². The van der Waals surface area contributed by atoms with E-state index in [1.165, 1.54) is 76.5 Å². The number of rotatable bonds is 22. The van der Waals surface area contributed by atoms with E-state index in [1.54, 1.807) is 60.7 Å². The Hall–Kier alpha value is -5.71. The van der Waals surface area contributed by atoms with Crippen LogP contribution in [-0.4, -0.2) is 29.6 Å². The zero-order valence-corrected chi connectivity index (χ0v) is 32.1. The lowest BCUT2D eigenvalue weighted by Crippen LogP contribution is -2.33. The molecule has 56 heavy (non-hydrogen) atoms. The Labute approximate surface area is 328 Å². The molecule has 11 nitrogen and oxygen atoms in total. The zero-order valence-electron chi connectivity index (χ0n) is 32.1. The van der Waals surface area contributed by atoms with Gasteiger partial charge < -0.3 is 18.9 Å². The van der Waals surface area contributed by atoms with E-state index in [9.17, 15) is 19.7 Å². The first-order valence-corrected chi connectivity index (χ1v) is 20.0. The molecule has 4 aromatic carbocycles. The van der Waals surface area contributed by atoms with Gasteiger partial charge in [-0.1, -0.05) is 114 Å². The van der Waals surface area contributed by atoms with Crippen LogP contribution in [0.15, 0.2) is 90.0 Å². The lowest BCUT2D eigenvalue weighted by molar-refractivity contribution is -0.385. The summed E-state index contributed by atoms with van der Waals surface area (Å²) in [6.45, 7) is 2.32. The molecule has 1 amide bonds. The van der Waals surface area contributed by atoms with Crippen LogP contribution in [0.3, 0.4) is 0 Å². The summed E-state index contributed by atoms with van der Waals surface area (Å²) in [6, 6.07) is 24.2. The van der Waals surface area contributed by atoms with Gasteiger partial charge in [0.05, 0.1) is 22.3 Å². The molecule has 0 saturated carbocycles. The van der Waals surface area contributed by atoms with E-state index in [2.05, 4.69) is 17.5 Å². The molecule has 2 heterocycles. The molecular weight excluding hydrogens is 711 g/mol. The number of amides is 1. The van der Waals surface area contributed by atoms with Crippen molar-refractivity contribution in [2.24, 2.45) is 5.10 Å². The number of unbranched alkanes of at least 4 members (excludes halogenated alkanes) is 12. The van der Waals surface area contributed by atoms with E-state index in [4.69, 9.17) is 18.9 Å². The molecule has 2 aliphatic rings. The van der Waals surface area contributed by atoms with Crippen LogP contribution in [0, 0.1) is 10.1 Å². The number of carbonyl (C=O) groups excluding carboxylic acids is 2. The lowest BCUT2D eigenvalue weighted by Gasteiger charge is -2.36. The predicted octanol–water partition coefficient (Wildman–Crippen LogP) is 10.7. The topological polar surface area (TPSA) is 139 Å². The van der Waals surface area contributed by atoms with E-state index in [1.807, 2.05) is 18.2 Å². The van der Waals surface area contributed by atoms with Crippen LogP contribution in [0.1, 0.15) is 129 Å². The number of nitro benzene ring substituents is 1. The largest absolute Gasteiger partial charge is 0.489 e. The van der Waals surface area contributed by atoms with Crippen LogP contribution in [0.25, 0.3) is 0 Å². The molecule has 0 aromatic heterocycles. The Bertz CT molecular complexity index is 2010. The Balaban J connectivity index is 1.02. The minimum atomic E-state index is -1.29. The summed E-state index contributed by atoms with van der Waals surface area (Å²) in [7, 11) is 0. The van der Waals surface area contributed by atoms with Gasteiger partial charge in [-0.3, -0.25) is 14.9 Å². The summed E-state index contributed by atoms with van der Waals surface area (Å²) in [6.07, 6.45) is 18.3. The fraction of sp³-hybridized carbons (Fsp3) is 0.400. The number of carbonyl (C=O) groups is 2. The highest BCUT2D eigenvalue weighted by molar-refractivity contribution is 5.97. The van der Waals surface area contributed by atoms with Crippen molar-refractivity contribution < 1.29 is 33.5 Å². The van der Waals surface area contributed by atoms with Crippen LogP contribution in [-0.2, 0) is 21.7 Å². The third kappa shape index (κ3) is 9.74. The van der Waals surface area contributed by atoms with Crippen molar-refractivity contribution in [1.82, 2.24) is 5.43 Å². The van der Waals surface area contributed by atoms with Gasteiger partial charge in [0, 0.05) is 41.3 Å². The lowest BCUT2D eigenvalue weighted by atomic mass is 9.77. The quantitative estimate of drug-likeness (QED) is 0.0274. The molecule has 1 N–H and O–H groups in total. The predicted molar refractivity (Wildman–Crippen MR) is 215 cm³/mol. The highest BCUT2D eigenvalue weighted by Crippen LogP contribution is 2.57. The van der Waals surface area contributed by atoms with Crippen molar-refractivity contribution in [3.8, 4) is 23.0 Å². The monoisotopic (exact) mass is 761 g/mol. The fourth-order valence-corrected chi connectivity index (χ4v) is 7.44. The maximum absolute atomic E-state index is 13.2. The Morgan fingerprint density at radius 1 is 0.768 bits per heavy atom. The number of hydrogen-bond acceptors (Lipinski definition) is 9. The van der Waals surface area contributed by atoms with E-state index >= 15 is 0 Å². The molecule has 0 bridgehead atoms. The number of nitrogens with one attached hydrogen (secondary N) is 1. The zero-order chi connectivity index (χ0) is 39.2. The normalized spacial score (nSPS) is 15.1. The molecule has 1 unspecified atom stereocenters. The number of para-hydroxylation sites is 1. The summed E-state index contributed by atoms with van der Waals surface area (Å²) in [5.41, 5.74) is 4.06. The molecule has 0 radical (unpaired) electrons. The second-order valence-corrected chi connectivity index (χ2v) is 14.4. The van der Waals surface area contributed by atoms with E-state index in [-0.39, 0.29) is 24.8 Å². The molecule has 2 aliphatic heterocycles. The maximum atomic E-state index is 13.2. The molecule has 6 rings (SSSR count). The summed E-state index contributed by atoms with van der Waals surface area (Å²) >= 11 is 0. The smallest absolute Gasteiger partial charge is 0.340 e. The van der Waals surface area contributed by atoms with E-state index < -0.39 is 16.5 Å². The molecule has 0 aliphatic carbocycles. The summed E-state index contributed by atoms with van der Waals surface area (Å²) in [5, 5.41) is 15.6. The van der Waals surface area contributed by atoms with Crippen molar-refractivity contribution in [3.05, 3.63) is 123 Å². The minimum Gasteiger partial charge on any atom is -0.489 e. The molecule has 0 fully saturated rings. The average molecular weight is 762 g/mol. The van der Waals surface area contributed by atoms with Crippen LogP contribution in [0.2, 0.25) is 0 Å². The second-order valence-electron chi connectivity index (χ2n) is 14.4. The second kappa shape index (κ2) is 19.7. The molecule has 294 valence electrons. The van der Waals surface area contributed by atoms with Gasteiger partial charge in [-0.05, 0) is 42.8 Å². The van der Waals surface area contributed by atoms with Crippen molar-refractivity contribution in [3.63, 3.8) is 0 Å². The number of nitro groups is 1. The Kier molecular flexibility index (Phi) is 14.1. The van der Waals surface area contributed by atoms with Gasteiger partial charge in [-0.25, -0.2) is 10.2 Å². The maximum Gasteiger partial charge on any atom is 0.340 e. The number of nitrogens with zero attached hydrogens (tertiary/aromatic N) is 2. The van der Waals surface area contributed by atoms with Gasteiger partial charge in [0.25, 0.3) is 5.69 Å². The van der Waals surface area contributed by atoms with Gasteiger partial charge in [0.2, 0.25) is 5.91 Å². The number of hydrogen-bond donors (Lipinski definition) is 1. The summed E-state index contributed by atoms with van der Waals surface area (Å²) in [4.78, 5) is 36.6. The molecular formula is C45H51N3O8. The third-order valence-electron chi connectivity index (χ3n) is 10.4. The molecule has 0 saturated heterocycles. The number of ether oxygens (including phenoxy) is 4. The van der Waals surface area contributed by atoms with Crippen molar-refractivity contribution in [1.29, 1.82) is 0 Å². The SMILES string of the molecule is CCCCCCCCCCCCCCCC(=O)N/N=C/COc1ccc2c(c1)Oc1cc(OCc3ccccc3[N+](=O)[O-])ccc1C21OC(=O)c2ccccc21. The Morgan fingerprint density at radius 3 is 2.02 bits per heavy atom. The van der Waals surface area contributed by atoms with Crippen molar-refractivity contribution >= 4 is 23.8 Å². The van der Waals surface area contributed by atoms with Crippen LogP contribution in [0.4, 0.5) is 5.69 Å². The highest BCUT2D eigenvalue weighted by Gasteiger charge is 2.53. The molecule has 1 atom stereocenters.